The van der Waals surface area contributed by atoms with E-state index in [1.807, 2.05) is 36.4 Å². The van der Waals surface area contributed by atoms with Crippen molar-refractivity contribution < 1.29 is 32.9 Å². The molecule has 4 aromatic carbocycles. The molecule has 0 bridgehead atoms. The van der Waals surface area contributed by atoms with E-state index in [0.29, 0.717) is 63.9 Å². The van der Waals surface area contributed by atoms with E-state index < -0.39 is 12.0 Å². The second-order valence-corrected chi connectivity index (χ2v) is 13.1. The molecular formula is C38H32FIN2O7S. The zero-order valence-electron chi connectivity index (χ0n) is 27.6. The number of thiazole rings is 1. The highest BCUT2D eigenvalue weighted by atomic mass is 127. The molecule has 0 amide bonds. The van der Waals surface area contributed by atoms with Crippen molar-refractivity contribution in [3.63, 3.8) is 0 Å². The zero-order chi connectivity index (χ0) is 35.4. The van der Waals surface area contributed by atoms with Gasteiger partial charge in [-0.2, -0.15) is 0 Å². The summed E-state index contributed by atoms with van der Waals surface area (Å²) < 4.78 is 45.1. The molecular weight excluding hydrogens is 774 g/mol. The van der Waals surface area contributed by atoms with E-state index in [-0.39, 0.29) is 30.2 Å². The zero-order valence-corrected chi connectivity index (χ0v) is 30.5. The topological polar surface area (TPSA) is 97.6 Å². The number of hydrogen-bond acceptors (Lipinski definition) is 9. The van der Waals surface area contributed by atoms with Crippen LogP contribution in [0.3, 0.4) is 0 Å². The van der Waals surface area contributed by atoms with Crippen LogP contribution >= 0.6 is 33.9 Å². The average molecular weight is 807 g/mol. The predicted octanol–water partition coefficient (Wildman–Crippen LogP) is 6.28. The molecule has 5 aromatic rings. The van der Waals surface area contributed by atoms with Gasteiger partial charge in [-0.25, -0.2) is 14.2 Å². The van der Waals surface area contributed by atoms with Crippen molar-refractivity contribution in [3.8, 4) is 23.0 Å². The Morgan fingerprint density at radius 1 is 0.940 bits per heavy atom. The molecule has 1 aliphatic rings. The minimum absolute atomic E-state index is 0.0136. The SMILES string of the molecule is CCOC(=O)C1=C(c2ccccc2)N=c2s/c(=C\c3cc(I)c(OCc4ccccc4F)c(OC)c3)c(=O)n2[C@H]1c1ccc(OC)c(OC)c1. The number of aromatic nitrogens is 1. The van der Waals surface area contributed by atoms with Gasteiger partial charge < -0.3 is 23.7 Å². The Labute approximate surface area is 305 Å². The van der Waals surface area contributed by atoms with Gasteiger partial charge in [0.1, 0.15) is 12.4 Å². The Morgan fingerprint density at radius 3 is 2.36 bits per heavy atom. The van der Waals surface area contributed by atoms with Gasteiger partial charge in [0, 0.05) is 11.1 Å². The molecule has 1 aliphatic heterocycles. The molecule has 0 spiro atoms. The number of rotatable bonds is 11. The Balaban J connectivity index is 1.52. The van der Waals surface area contributed by atoms with E-state index in [9.17, 15) is 14.0 Å². The lowest BCUT2D eigenvalue weighted by Crippen LogP contribution is -2.40. The van der Waals surface area contributed by atoms with Crippen LogP contribution in [-0.2, 0) is 16.1 Å². The highest BCUT2D eigenvalue weighted by molar-refractivity contribution is 14.1. The molecule has 0 radical (unpaired) electrons. The van der Waals surface area contributed by atoms with Crippen molar-refractivity contribution >= 4 is 51.7 Å². The lowest BCUT2D eigenvalue weighted by atomic mass is 9.93. The van der Waals surface area contributed by atoms with Crippen LogP contribution in [0.1, 0.15) is 35.2 Å². The number of nitrogens with zero attached hydrogens (tertiary/aromatic N) is 2. The van der Waals surface area contributed by atoms with E-state index in [0.717, 1.165) is 0 Å². The van der Waals surface area contributed by atoms with E-state index in [1.165, 1.54) is 43.3 Å². The number of benzene rings is 4. The van der Waals surface area contributed by atoms with Crippen LogP contribution in [0.15, 0.2) is 100 Å². The number of fused-ring (bicyclic) bond motifs is 1. The second-order valence-electron chi connectivity index (χ2n) is 11.0. The summed E-state index contributed by atoms with van der Waals surface area (Å²) in [4.78, 5) is 33.5. The summed E-state index contributed by atoms with van der Waals surface area (Å²) in [6, 6.07) is 23.7. The standard InChI is InChI=1S/C38H32FIN2O7S/c1-5-48-37(44)32-33(23-11-7-6-8-12-23)41-38-42(34(32)24-15-16-28(45-2)29(20-24)46-3)36(43)31(50-38)19-22-17-27(40)35(30(18-22)47-4)49-21-25-13-9-10-14-26(25)39/h6-20,34H,5,21H2,1-4H3/b31-19-/t34-/m0/s1. The lowest BCUT2D eigenvalue weighted by molar-refractivity contribution is -0.138. The second kappa shape index (κ2) is 15.3. The van der Waals surface area contributed by atoms with E-state index in [1.54, 1.807) is 55.5 Å². The van der Waals surface area contributed by atoms with Gasteiger partial charge in [-0.3, -0.25) is 9.36 Å². The van der Waals surface area contributed by atoms with Crippen LogP contribution in [0.5, 0.6) is 23.0 Å². The van der Waals surface area contributed by atoms with Crippen molar-refractivity contribution in [2.45, 2.75) is 19.6 Å². The van der Waals surface area contributed by atoms with Crippen molar-refractivity contribution in [1.82, 2.24) is 4.57 Å². The first-order chi connectivity index (χ1) is 24.3. The number of ether oxygens (including phenoxy) is 5. The molecule has 6 rings (SSSR count). The molecule has 1 aromatic heterocycles. The van der Waals surface area contributed by atoms with E-state index in [2.05, 4.69) is 22.6 Å². The van der Waals surface area contributed by atoms with E-state index in [4.69, 9.17) is 28.7 Å². The molecule has 12 heteroatoms. The van der Waals surface area contributed by atoms with Gasteiger partial charge in [0.2, 0.25) is 0 Å². The van der Waals surface area contributed by atoms with E-state index >= 15 is 0 Å². The van der Waals surface area contributed by atoms with Crippen LogP contribution in [0.4, 0.5) is 4.39 Å². The lowest BCUT2D eigenvalue weighted by Gasteiger charge is -2.26. The number of carbonyl (C=O) groups is 1. The van der Waals surface area contributed by atoms with Crippen molar-refractivity contribution in [2.24, 2.45) is 4.99 Å². The van der Waals surface area contributed by atoms with Crippen LogP contribution in [0.25, 0.3) is 11.8 Å². The third-order valence-corrected chi connectivity index (χ3v) is 9.76. The fourth-order valence-corrected chi connectivity index (χ4v) is 7.44. The Kier molecular flexibility index (Phi) is 10.7. The molecule has 256 valence electrons. The predicted molar refractivity (Wildman–Crippen MR) is 197 cm³/mol. The summed E-state index contributed by atoms with van der Waals surface area (Å²) in [7, 11) is 4.58. The van der Waals surface area contributed by atoms with Crippen molar-refractivity contribution in [1.29, 1.82) is 0 Å². The van der Waals surface area contributed by atoms with Gasteiger partial charge in [-0.15, -0.1) is 0 Å². The van der Waals surface area contributed by atoms with Crippen LogP contribution in [0.2, 0.25) is 0 Å². The summed E-state index contributed by atoms with van der Waals surface area (Å²) >= 11 is 3.33. The smallest absolute Gasteiger partial charge is 0.338 e. The highest BCUT2D eigenvalue weighted by Crippen LogP contribution is 2.39. The first-order valence-electron chi connectivity index (χ1n) is 15.5. The largest absolute Gasteiger partial charge is 0.493 e. The van der Waals surface area contributed by atoms with Gasteiger partial charge in [0.15, 0.2) is 27.8 Å². The summed E-state index contributed by atoms with van der Waals surface area (Å²) in [5.74, 6) is 0.864. The molecule has 0 unspecified atom stereocenters. The minimum Gasteiger partial charge on any atom is -0.493 e. The molecule has 50 heavy (non-hydrogen) atoms. The summed E-state index contributed by atoms with van der Waals surface area (Å²) in [6.07, 6.45) is 1.75. The first kappa shape index (κ1) is 34.9. The quantitative estimate of drug-likeness (QED) is 0.115. The van der Waals surface area contributed by atoms with Crippen LogP contribution in [0, 0.1) is 9.39 Å². The fourth-order valence-electron chi connectivity index (χ4n) is 5.66. The summed E-state index contributed by atoms with van der Waals surface area (Å²) in [5.41, 5.74) is 2.66. The third kappa shape index (κ3) is 6.90. The number of carbonyl (C=O) groups excluding carboxylic acids is 1. The molecule has 0 saturated heterocycles. The molecule has 9 nitrogen and oxygen atoms in total. The molecule has 2 heterocycles. The fraction of sp³-hybridized carbons (Fsp3) is 0.184. The van der Waals surface area contributed by atoms with Gasteiger partial charge in [0.25, 0.3) is 5.56 Å². The number of methoxy groups -OCH3 is 3. The monoisotopic (exact) mass is 806 g/mol. The maximum Gasteiger partial charge on any atom is 0.338 e. The van der Waals surface area contributed by atoms with Crippen molar-refractivity contribution in [3.05, 3.63) is 142 Å². The Hall–Kier alpha value is -4.95. The molecule has 0 fully saturated rings. The number of halogens is 2. The highest BCUT2D eigenvalue weighted by Gasteiger charge is 2.35. The maximum atomic E-state index is 14.4. The minimum atomic E-state index is -0.897. The molecule has 0 saturated carbocycles. The Bertz CT molecular complexity index is 2280. The summed E-state index contributed by atoms with van der Waals surface area (Å²) in [6.45, 7) is 1.88. The average Bonchev–Trinajstić information content (AvgIpc) is 3.44. The Morgan fingerprint density at radius 2 is 1.66 bits per heavy atom. The van der Waals surface area contributed by atoms with Crippen LogP contribution < -0.4 is 33.8 Å². The van der Waals surface area contributed by atoms with Crippen molar-refractivity contribution in [2.75, 3.05) is 27.9 Å². The summed E-state index contributed by atoms with van der Waals surface area (Å²) in [5, 5.41) is 0. The normalized spacial score (nSPS) is 14.1. The number of esters is 1. The number of hydrogen-bond donors (Lipinski definition) is 0. The molecule has 0 aliphatic carbocycles. The van der Waals surface area contributed by atoms with Gasteiger partial charge in [0.05, 0.1) is 53.4 Å². The van der Waals surface area contributed by atoms with Gasteiger partial charge >= 0.3 is 5.97 Å². The van der Waals surface area contributed by atoms with Gasteiger partial charge in [-0.1, -0.05) is 65.9 Å². The maximum absolute atomic E-state index is 14.4. The third-order valence-electron chi connectivity index (χ3n) is 7.98. The molecule has 0 N–H and O–H groups in total. The van der Waals surface area contributed by atoms with Gasteiger partial charge in [-0.05, 0) is 77.0 Å². The molecule has 1 atom stereocenters. The first-order valence-corrected chi connectivity index (χ1v) is 17.4. The van der Waals surface area contributed by atoms with Crippen LogP contribution in [-0.4, -0.2) is 38.5 Å².